The maximum atomic E-state index is 14.9. The number of amides is 4. The van der Waals surface area contributed by atoms with Crippen LogP contribution in [0, 0.1) is 20.8 Å². The number of hydrogen-bond acceptors (Lipinski definition) is 10. The molecule has 0 saturated carbocycles. The van der Waals surface area contributed by atoms with Crippen molar-refractivity contribution in [1.29, 1.82) is 0 Å². The Kier molecular flexibility index (Phi) is 20.2. The number of nitrogens with one attached hydrogen (secondary N) is 8. The van der Waals surface area contributed by atoms with Gasteiger partial charge in [0.2, 0.25) is 23.6 Å². The van der Waals surface area contributed by atoms with Crippen molar-refractivity contribution in [1.82, 2.24) is 51.2 Å². The monoisotopic (exact) mass is 1240 g/mol. The molecule has 4 amide bonds. The molecule has 24 heteroatoms. The Morgan fingerprint density at radius 3 is 1.77 bits per heavy atom. The molecule has 6 atom stereocenters. The third-order valence-electron chi connectivity index (χ3n) is 17.4. The van der Waals surface area contributed by atoms with Crippen LogP contribution in [0.2, 0.25) is 0 Å². The molecule has 9 rings (SSSR count). The second-order valence-corrected chi connectivity index (χ2v) is 23.3. The third-order valence-corrected chi connectivity index (χ3v) is 17.4. The Labute approximate surface area is 525 Å². The first-order valence-electron chi connectivity index (χ1n) is 30.5. The SMILES string of the molecule is C=Cc1c(C)c2cc3nc(c(C)c4nc(cc5[nH]c(cc1[nH]2)c(C)c5CC)C(C)=C4C(=O)O)[C@@H](CCC(=O)N[C@@H](CCCN=C(N)N)C(=O)N[C@@H](CCCN=C(N)N)C(=O)N[C@@H](Cc1c[nH]c2ccccc12)C(=O)N[C@@H](Cc1c[nH]c2ccccc12)C(=O)O)[C@@H]3C. The molecule has 7 heterocycles. The number of carbonyl (C=O) groups excluding carboxylic acids is 4. The van der Waals surface area contributed by atoms with Crippen LogP contribution in [0.15, 0.2) is 95.7 Å². The number of aliphatic imine (C=N–C) groups is 2. The number of benzene rings is 2. The number of aromatic amines is 4. The maximum absolute atomic E-state index is 14.9. The number of carboxylic acid groups (broad SMARTS) is 2. The first-order chi connectivity index (χ1) is 43.5. The first kappa shape index (κ1) is 64.9. The van der Waals surface area contributed by atoms with Gasteiger partial charge in [0.1, 0.15) is 24.2 Å². The lowest BCUT2D eigenvalue weighted by molar-refractivity contribution is -0.142. The van der Waals surface area contributed by atoms with E-state index in [9.17, 15) is 39.0 Å². The van der Waals surface area contributed by atoms with Gasteiger partial charge in [-0.05, 0) is 136 Å². The number of aromatic nitrogens is 6. The van der Waals surface area contributed by atoms with E-state index in [2.05, 4.69) is 71.6 Å². The van der Waals surface area contributed by atoms with Crippen LogP contribution < -0.4 is 44.2 Å². The van der Waals surface area contributed by atoms with E-state index in [1.165, 1.54) is 0 Å². The van der Waals surface area contributed by atoms with E-state index in [-0.39, 0.29) is 93.6 Å². The number of rotatable bonds is 26. The van der Waals surface area contributed by atoms with Gasteiger partial charge in [0.25, 0.3) is 0 Å². The molecule has 476 valence electrons. The molecule has 0 saturated heterocycles. The molecule has 5 aromatic heterocycles. The molecule has 0 radical (unpaired) electrons. The van der Waals surface area contributed by atoms with Crippen LogP contribution in [0.3, 0.4) is 0 Å². The number of hydrogen-bond donors (Lipinski definition) is 14. The van der Waals surface area contributed by atoms with Gasteiger partial charge in [0, 0.05) is 117 Å². The Hall–Kier alpha value is -10.5. The van der Waals surface area contributed by atoms with Crippen LogP contribution in [-0.4, -0.2) is 125 Å². The second-order valence-electron chi connectivity index (χ2n) is 23.3. The summed E-state index contributed by atoms with van der Waals surface area (Å²) in [6.45, 7) is 16.0. The van der Waals surface area contributed by atoms with Crippen molar-refractivity contribution in [3.8, 4) is 0 Å². The standard InChI is InChI=1S/C67H80N16O8/c1-8-40-33(3)49-28-51-35(5)42(59(79-51)37(7)60-58(65(90)91)36(6)52(80-60)30-54-41(9-2)34(4)50(77-54)29-53(40)76-49)22-23-57(84)78-47(20-14-24-72-66(68)69)61(85)81-48(21-15-25-73-67(70)71)62(86)82-55(26-38-31-74-45-18-12-10-16-43(38)45)63(87)83-56(64(88)89)27-39-32-75-46-19-13-11-17-44(39)46/h8,10-13,16-19,28-32,35,42,47-48,55-56,74-77H,1,9,14-15,20-27H2,2-7H3,(H,78,84)(H,81,85)(H,82,86)(H,83,87)(H,88,89)(H,90,91)(H4,68,69,72)(H4,70,71,73)/t35-,42-,47-,48-,55-,56-/m0/s1. The molecular formula is C67H80N16O8. The highest BCUT2D eigenvalue weighted by Gasteiger charge is 2.36. The smallest absolute Gasteiger partial charge is 0.338 e. The maximum Gasteiger partial charge on any atom is 0.338 e. The highest BCUT2D eigenvalue weighted by Crippen LogP contribution is 2.43. The number of carboxylic acids is 2. The lowest BCUT2D eigenvalue weighted by Crippen LogP contribution is -2.58. The average molecular weight is 1240 g/mol. The summed E-state index contributed by atoms with van der Waals surface area (Å²) in [7, 11) is 0. The van der Waals surface area contributed by atoms with Crippen molar-refractivity contribution < 1.29 is 39.0 Å². The quantitative estimate of drug-likeness (QED) is 0.0152. The van der Waals surface area contributed by atoms with E-state index in [1.54, 1.807) is 26.2 Å². The molecule has 2 aliphatic rings. The van der Waals surface area contributed by atoms with Crippen molar-refractivity contribution in [2.24, 2.45) is 32.9 Å². The van der Waals surface area contributed by atoms with Crippen molar-refractivity contribution in [2.45, 2.75) is 135 Å². The van der Waals surface area contributed by atoms with Crippen LogP contribution in [0.4, 0.5) is 0 Å². The topological polar surface area (TPSA) is 409 Å². The van der Waals surface area contributed by atoms with Crippen LogP contribution >= 0.6 is 0 Å². The fourth-order valence-corrected chi connectivity index (χ4v) is 12.4. The molecule has 0 fully saturated rings. The van der Waals surface area contributed by atoms with Crippen LogP contribution in [0.1, 0.15) is 133 Å². The number of aliphatic carboxylic acids is 2. The van der Waals surface area contributed by atoms with Crippen LogP contribution in [-0.2, 0) is 48.0 Å². The lowest BCUT2D eigenvalue weighted by atomic mass is 9.85. The minimum Gasteiger partial charge on any atom is -0.480 e. The molecule has 2 aliphatic heterocycles. The summed E-state index contributed by atoms with van der Waals surface area (Å²) in [4.78, 5) is 117. The molecule has 91 heavy (non-hydrogen) atoms. The summed E-state index contributed by atoms with van der Waals surface area (Å²) < 4.78 is 0. The highest BCUT2D eigenvalue weighted by molar-refractivity contribution is 6.24. The molecule has 8 bridgehead atoms. The molecule has 24 nitrogen and oxygen atoms in total. The fraction of sp³-hybridized carbons (Fsp3) is 0.343. The molecule has 0 unspecified atom stereocenters. The van der Waals surface area contributed by atoms with E-state index < -0.39 is 65.7 Å². The van der Waals surface area contributed by atoms with Crippen molar-refractivity contribution in [3.63, 3.8) is 0 Å². The predicted octanol–water partition coefficient (Wildman–Crippen LogP) is 6.71. The largest absolute Gasteiger partial charge is 0.480 e. The Morgan fingerprint density at radius 2 is 1.20 bits per heavy atom. The fourth-order valence-electron chi connectivity index (χ4n) is 12.4. The van der Waals surface area contributed by atoms with Crippen molar-refractivity contribution >= 4 is 109 Å². The van der Waals surface area contributed by atoms with Crippen molar-refractivity contribution in [3.05, 3.63) is 147 Å². The van der Waals surface area contributed by atoms with Crippen LogP contribution in [0.5, 0.6) is 0 Å². The van der Waals surface area contributed by atoms with Crippen molar-refractivity contribution in [2.75, 3.05) is 13.1 Å². The zero-order chi connectivity index (χ0) is 65.4. The van der Waals surface area contributed by atoms with E-state index in [4.69, 9.17) is 32.9 Å². The summed E-state index contributed by atoms with van der Waals surface area (Å²) in [5.74, 6) is -6.39. The molecule has 0 spiro atoms. The Morgan fingerprint density at radius 1 is 0.659 bits per heavy atom. The number of nitrogens with zero attached hydrogens (tertiary/aromatic N) is 4. The number of aryl methyl sites for hydroxylation is 3. The van der Waals surface area contributed by atoms with Gasteiger partial charge in [0.15, 0.2) is 11.9 Å². The van der Waals surface area contributed by atoms with Gasteiger partial charge in [-0.15, -0.1) is 0 Å². The molecule has 0 aliphatic carbocycles. The molecule has 2 aromatic carbocycles. The predicted molar refractivity (Wildman–Crippen MR) is 354 cm³/mol. The zero-order valence-corrected chi connectivity index (χ0v) is 52.0. The van der Waals surface area contributed by atoms with E-state index >= 15 is 0 Å². The number of carbonyl (C=O) groups is 6. The third kappa shape index (κ3) is 14.6. The summed E-state index contributed by atoms with van der Waals surface area (Å²) in [5, 5.41) is 34.1. The van der Waals surface area contributed by atoms with E-state index in [1.807, 2.05) is 86.7 Å². The molecule has 7 aromatic rings. The van der Waals surface area contributed by atoms with Gasteiger partial charge in [0.05, 0.1) is 17.0 Å². The van der Waals surface area contributed by atoms with Gasteiger partial charge < -0.3 is 74.4 Å². The molecular weight excluding hydrogens is 1160 g/mol. The van der Waals surface area contributed by atoms with Gasteiger partial charge in [-0.1, -0.05) is 62.9 Å². The zero-order valence-electron chi connectivity index (χ0n) is 52.0. The summed E-state index contributed by atoms with van der Waals surface area (Å²) in [5.41, 5.74) is 35.9. The number of fused-ring (bicyclic) bond motifs is 10. The van der Waals surface area contributed by atoms with E-state index in [0.29, 0.717) is 45.8 Å². The number of guanidine groups is 2. The van der Waals surface area contributed by atoms with Gasteiger partial charge >= 0.3 is 11.9 Å². The molecule has 18 N–H and O–H groups in total. The van der Waals surface area contributed by atoms with Gasteiger partial charge in [-0.3, -0.25) is 34.1 Å². The highest BCUT2D eigenvalue weighted by atomic mass is 16.4. The summed E-state index contributed by atoms with van der Waals surface area (Å²) in [6.07, 6.45) is 6.22. The Balaban J connectivity index is 1.01. The normalized spacial score (nSPS) is 15.1. The average Bonchev–Trinajstić information content (AvgIpc) is 1.64. The minimum absolute atomic E-state index is 0.0194. The van der Waals surface area contributed by atoms with Gasteiger partial charge in [-0.25, -0.2) is 14.6 Å². The van der Waals surface area contributed by atoms with Gasteiger partial charge in [-0.2, -0.15) is 0 Å². The van der Waals surface area contributed by atoms with E-state index in [0.717, 1.165) is 66.1 Å². The first-order valence-corrected chi connectivity index (χ1v) is 30.5. The number of allylic oxidation sites excluding steroid dienone is 1. The summed E-state index contributed by atoms with van der Waals surface area (Å²) in [6, 6.07) is 15.3. The Bertz CT molecular complexity index is 4250. The summed E-state index contributed by atoms with van der Waals surface area (Å²) >= 11 is 0. The number of H-pyrrole nitrogens is 4. The number of para-hydroxylation sites is 2. The number of nitrogens with two attached hydrogens (primary N) is 4. The lowest BCUT2D eigenvalue weighted by Gasteiger charge is -2.26. The van der Waals surface area contributed by atoms with Crippen LogP contribution in [0.25, 0.3) is 61.1 Å². The second kappa shape index (κ2) is 28.3. The minimum atomic E-state index is -1.41.